The van der Waals surface area contributed by atoms with Gasteiger partial charge in [-0.25, -0.2) is 0 Å². The molecule has 2 rings (SSSR count). The van der Waals surface area contributed by atoms with Gasteiger partial charge in [-0.05, 0) is 37.0 Å². The van der Waals surface area contributed by atoms with Crippen molar-refractivity contribution in [3.8, 4) is 0 Å². The summed E-state index contributed by atoms with van der Waals surface area (Å²) < 4.78 is 37.9. The van der Waals surface area contributed by atoms with Gasteiger partial charge in [-0.15, -0.1) is 0 Å². The van der Waals surface area contributed by atoms with E-state index >= 15 is 0 Å². The summed E-state index contributed by atoms with van der Waals surface area (Å²) in [5.41, 5.74) is -0.937. The molecule has 2 amide bonds. The van der Waals surface area contributed by atoms with Crippen LogP contribution in [0, 0.1) is 5.92 Å². The Morgan fingerprint density at radius 3 is 2.48 bits per heavy atom. The van der Waals surface area contributed by atoms with Gasteiger partial charge in [-0.1, -0.05) is 25.8 Å². The molecule has 0 heterocycles. The highest BCUT2D eigenvalue weighted by Gasteiger charge is 2.31. The van der Waals surface area contributed by atoms with Crippen molar-refractivity contribution in [2.75, 3.05) is 5.32 Å². The quantitative estimate of drug-likeness (QED) is 0.818. The maximum atomic E-state index is 12.6. The average molecular weight is 328 g/mol. The summed E-state index contributed by atoms with van der Waals surface area (Å²) in [6, 6.07) is 4.13. The molecule has 0 unspecified atom stereocenters. The first-order chi connectivity index (χ1) is 10.8. The smallest absolute Gasteiger partial charge is 0.345 e. The maximum absolute atomic E-state index is 12.6. The summed E-state index contributed by atoms with van der Waals surface area (Å²) in [6.45, 7) is 2.01. The first kappa shape index (κ1) is 17.3. The van der Waals surface area contributed by atoms with Crippen molar-refractivity contribution in [3.63, 3.8) is 0 Å². The van der Waals surface area contributed by atoms with Gasteiger partial charge in [0.1, 0.15) is 0 Å². The molecular formula is C16H19F3N2O2. The van der Waals surface area contributed by atoms with Crippen LogP contribution in [-0.2, 0) is 15.8 Å². The van der Waals surface area contributed by atoms with Gasteiger partial charge in [-0.2, -0.15) is 13.2 Å². The van der Waals surface area contributed by atoms with Crippen LogP contribution in [0.5, 0.6) is 0 Å². The molecule has 0 saturated heterocycles. The first-order valence-corrected chi connectivity index (χ1v) is 7.56. The molecule has 2 N–H and O–H groups in total. The average Bonchev–Trinajstić information content (AvgIpc) is 2.49. The third-order valence-corrected chi connectivity index (χ3v) is 4.08. The third kappa shape index (κ3) is 4.71. The van der Waals surface area contributed by atoms with Crippen LogP contribution in [0.25, 0.3) is 0 Å². The van der Waals surface area contributed by atoms with Crippen molar-refractivity contribution in [1.29, 1.82) is 0 Å². The second kappa shape index (κ2) is 7.02. The van der Waals surface area contributed by atoms with Crippen LogP contribution in [0.15, 0.2) is 24.3 Å². The Kier molecular flexibility index (Phi) is 5.28. The Bertz CT molecular complexity index is 587. The van der Waals surface area contributed by atoms with E-state index in [-0.39, 0.29) is 17.6 Å². The molecule has 2 atom stereocenters. The Labute approximate surface area is 132 Å². The predicted octanol–water partition coefficient (Wildman–Crippen LogP) is 3.34. The lowest BCUT2D eigenvalue weighted by molar-refractivity contribution is -0.137. The standard InChI is InChI=1S/C16H19F3N2O2/c1-10-5-2-3-8-13(10)21-15(23)14(22)20-12-7-4-6-11(9-12)16(17,18)19/h4,6-7,9-10,13H,2-3,5,8H2,1H3,(H,20,22)(H,21,23)/t10-,13+/m1/s1. The number of hydrogen-bond acceptors (Lipinski definition) is 2. The van der Waals surface area contributed by atoms with Gasteiger partial charge >= 0.3 is 18.0 Å². The molecule has 1 aliphatic rings. The van der Waals surface area contributed by atoms with Crippen LogP contribution in [-0.4, -0.2) is 17.9 Å². The lowest BCUT2D eigenvalue weighted by atomic mass is 9.86. The minimum atomic E-state index is -4.50. The summed E-state index contributed by atoms with van der Waals surface area (Å²) >= 11 is 0. The highest BCUT2D eigenvalue weighted by molar-refractivity contribution is 6.39. The van der Waals surface area contributed by atoms with E-state index in [2.05, 4.69) is 10.6 Å². The molecule has 7 heteroatoms. The van der Waals surface area contributed by atoms with Crippen molar-refractivity contribution in [2.45, 2.75) is 44.8 Å². The molecule has 1 fully saturated rings. The molecule has 1 aliphatic carbocycles. The Balaban J connectivity index is 1.97. The van der Waals surface area contributed by atoms with Crippen molar-refractivity contribution >= 4 is 17.5 Å². The van der Waals surface area contributed by atoms with Crippen LogP contribution in [0.1, 0.15) is 38.2 Å². The zero-order valence-electron chi connectivity index (χ0n) is 12.7. The van der Waals surface area contributed by atoms with Crippen molar-refractivity contribution in [2.24, 2.45) is 5.92 Å². The van der Waals surface area contributed by atoms with E-state index in [0.717, 1.165) is 37.8 Å². The SMILES string of the molecule is C[C@@H]1CCCC[C@@H]1NC(=O)C(=O)Nc1cccc(C(F)(F)F)c1. The van der Waals surface area contributed by atoms with E-state index < -0.39 is 23.6 Å². The van der Waals surface area contributed by atoms with E-state index in [4.69, 9.17) is 0 Å². The monoisotopic (exact) mass is 328 g/mol. The van der Waals surface area contributed by atoms with Gasteiger partial charge < -0.3 is 10.6 Å². The molecular weight excluding hydrogens is 309 g/mol. The molecule has 1 aromatic carbocycles. The zero-order valence-corrected chi connectivity index (χ0v) is 12.7. The number of halogens is 3. The summed E-state index contributed by atoms with van der Waals surface area (Å²) in [5, 5.41) is 4.87. The minimum Gasteiger partial charge on any atom is -0.345 e. The second-order valence-corrected chi connectivity index (χ2v) is 5.87. The molecule has 126 valence electrons. The van der Waals surface area contributed by atoms with E-state index in [1.54, 1.807) is 0 Å². The number of amides is 2. The van der Waals surface area contributed by atoms with Gasteiger partial charge in [-0.3, -0.25) is 9.59 Å². The number of alkyl halides is 3. The van der Waals surface area contributed by atoms with Gasteiger partial charge in [0, 0.05) is 11.7 Å². The molecule has 1 saturated carbocycles. The molecule has 0 spiro atoms. The fraction of sp³-hybridized carbons (Fsp3) is 0.500. The van der Waals surface area contributed by atoms with Crippen LogP contribution in [0.3, 0.4) is 0 Å². The lowest BCUT2D eigenvalue weighted by Crippen LogP contribution is -2.45. The molecule has 23 heavy (non-hydrogen) atoms. The molecule has 0 aliphatic heterocycles. The van der Waals surface area contributed by atoms with E-state index in [1.807, 2.05) is 6.92 Å². The second-order valence-electron chi connectivity index (χ2n) is 5.87. The van der Waals surface area contributed by atoms with Crippen LogP contribution in [0.2, 0.25) is 0 Å². The fourth-order valence-corrected chi connectivity index (χ4v) is 2.73. The van der Waals surface area contributed by atoms with Gasteiger partial charge in [0.25, 0.3) is 0 Å². The van der Waals surface area contributed by atoms with Gasteiger partial charge in [0.05, 0.1) is 5.56 Å². The maximum Gasteiger partial charge on any atom is 0.416 e. The van der Waals surface area contributed by atoms with Crippen molar-refractivity contribution in [3.05, 3.63) is 29.8 Å². The normalized spacial score (nSPS) is 21.6. The number of rotatable bonds is 2. The van der Waals surface area contributed by atoms with Crippen molar-refractivity contribution < 1.29 is 22.8 Å². The first-order valence-electron chi connectivity index (χ1n) is 7.56. The number of hydrogen-bond donors (Lipinski definition) is 2. The van der Waals surface area contributed by atoms with Crippen LogP contribution < -0.4 is 10.6 Å². The third-order valence-electron chi connectivity index (χ3n) is 4.08. The Morgan fingerprint density at radius 2 is 1.83 bits per heavy atom. The summed E-state index contributed by atoms with van der Waals surface area (Å²) in [5.74, 6) is -1.49. The molecule has 0 bridgehead atoms. The number of benzene rings is 1. The Hall–Kier alpha value is -2.05. The van der Waals surface area contributed by atoms with Crippen molar-refractivity contribution in [1.82, 2.24) is 5.32 Å². The van der Waals surface area contributed by atoms with Gasteiger partial charge in [0.2, 0.25) is 0 Å². The highest BCUT2D eigenvalue weighted by Crippen LogP contribution is 2.30. The van der Waals surface area contributed by atoms with E-state index in [1.165, 1.54) is 12.1 Å². The Morgan fingerprint density at radius 1 is 1.13 bits per heavy atom. The number of carbonyl (C=O) groups excluding carboxylic acids is 2. The largest absolute Gasteiger partial charge is 0.416 e. The summed E-state index contributed by atoms with van der Waals surface area (Å²) in [7, 11) is 0. The highest BCUT2D eigenvalue weighted by atomic mass is 19.4. The number of nitrogens with one attached hydrogen (secondary N) is 2. The molecule has 0 radical (unpaired) electrons. The molecule has 4 nitrogen and oxygen atoms in total. The van der Waals surface area contributed by atoms with E-state index in [0.29, 0.717) is 0 Å². The number of anilines is 1. The number of carbonyl (C=O) groups is 2. The van der Waals surface area contributed by atoms with E-state index in [9.17, 15) is 22.8 Å². The van der Waals surface area contributed by atoms with Gasteiger partial charge in [0.15, 0.2) is 0 Å². The lowest BCUT2D eigenvalue weighted by Gasteiger charge is -2.29. The zero-order chi connectivity index (χ0) is 17.0. The van der Waals surface area contributed by atoms with Crippen LogP contribution >= 0.6 is 0 Å². The topological polar surface area (TPSA) is 58.2 Å². The molecule has 1 aromatic rings. The predicted molar refractivity (Wildman–Crippen MR) is 79.6 cm³/mol. The fourth-order valence-electron chi connectivity index (χ4n) is 2.73. The van der Waals surface area contributed by atoms with Crippen LogP contribution in [0.4, 0.5) is 18.9 Å². The minimum absolute atomic E-state index is 0.0586. The molecule has 0 aromatic heterocycles. The summed E-state index contributed by atoms with van der Waals surface area (Å²) in [6.07, 6.45) is -0.612. The summed E-state index contributed by atoms with van der Waals surface area (Å²) in [4.78, 5) is 23.7.